The van der Waals surface area contributed by atoms with E-state index in [9.17, 15) is 0 Å². The molecule has 14 rings (SSSR count). The summed E-state index contributed by atoms with van der Waals surface area (Å²) in [6, 6.07) is 93.8. The first-order valence-electron chi connectivity index (χ1n) is 27.7. The summed E-state index contributed by atoms with van der Waals surface area (Å²) in [7, 11) is 0. The van der Waals surface area contributed by atoms with Gasteiger partial charge in [-0.3, -0.25) is 0 Å². The van der Waals surface area contributed by atoms with Crippen molar-refractivity contribution in [3.63, 3.8) is 0 Å². The van der Waals surface area contributed by atoms with Crippen molar-refractivity contribution in [2.45, 2.75) is 52.4 Å². The van der Waals surface area contributed by atoms with Crippen molar-refractivity contribution in [1.29, 1.82) is 0 Å². The molecule has 3 heterocycles. The van der Waals surface area contributed by atoms with Crippen molar-refractivity contribution in [2.24, 2.45) is 0 Å². The lowest BCUT2D eigenvalue weighted by Gasteiger charge is -2.46. The lowest BCUT2D eigenvalue weighted by Crippen LogP contribution is -2.61. The molecule has 12 aromatic rings. The third-order valence-electron chi connectivity index (χ3n) is 16.4. The summed E-state index contributed by atoms with van der Waals surface area (Å²) in [6.45, 7) is 9.37. The molecule has 0 fully saturated rings. The van der Waals surface area contributed by atoms with Crippen LogP contribution in [0.2, 0.25) is 0 Å². The summed E-state index contributed by atoms with van der Waals surface area (Å²) in [4.78, 5) is 5.38. The number of nitrogens with zero attached hydrogens (tertiary/aromatic N) is 2. The number of benzene rings is 11. The van der Waals surface area contributed by atoms with Gasteiger partial charge < -0.3 is 9.80 Å². The molecule has 0 amide bonds. The number of unbranched alkanes of at least 4 members (excludes halogenated alkanes) is 1. The Bertz CT molecular complexity index is 4160. The Morgan fingerprint density at radius 1 is 0.385 bits per heavy atom. The predicted molar refractivity (Wildman–Crippen MR) is 338 cm³/mol. The molecule has 2 nitrogen and oxygen atoms in total. The van der Waals surface area contributed by atoms with Crippen LogP contribution in [0.1, 0.15) is 51.7 Å². The largest absolute Gasteiger partial charge is 0.311 e. The van der Waals surface area contributed by atoms with E-state index in [-0.39, 0.29) is 12.1 Å². The van der Waals surface area contributed by atoms with Crippen LogP contribution in [0.5, 0.6) is 0 Å². The van der Waals surface area contributed by atoms with Crippen molar-refractivity contribution in [3.05, 3.63) is 260 Å². The van der Waals surface area contributed by atoms with E-state index in [1.54, 1.807) is 0 Å². The molecule has 0 saturated carbocycles. The summed E-state index contributed by atoms with van der Waals surface area (Å²) in [5, 5.41) is 2.68. The molecule has 374 valence electrons. The quantitative estimate of drug-likeness (QED) is 0.126. The van der Waals surface area contributed by atoms with Crippen LogP contribution in [0, 0.1) is 0 Å². The van der Waals surface area contributed by atoms with Gasteiger partial charge >= 0.3 is 0 Å². The second-order valence-corrected chi connectivity index (χ2v) is 23.3. The number of rotatable bonds is 10. The maximum Gasteiger partial charge on any atom is 0.252 e. The van der Waals surface area contributed by atoms with E-state index in [0.29, 0.717) is 0 Å². The molecule has 2 aliphatic rings. The molecule has 0 spiro atoms. The lowest BCUT2D eigenvalue weighted by molar-refractivity contribution is 0.590. The number of anilines is 6. The highest BCUT2D eigenvalue weighted by molar-refractivity contribution is 7.25. The Morgan fingerprint density at radius 3 is 1.38 bits per heavy atom. The van der Waals surface area contributed by atoms with Crippen LogP contribution in [-0.4, -0.2) is 6.71 Å². The molecule has 0 aliphatic carbocycles. The van der Waals surface area contributed by atoms with E-state index in [4.69, 9.17) is 0 Å². The SMILES string of the molecule is CCCCc1cc2c(cc1N1c3ccc(-c4ccccc4)cc3B3c4cc(-c5ccccc5)ccc4N(c4c(-c5ccccc5)cc(-c5ccccc5)cc4-c4ccccc4)c4cc(C(C)(C)C)cc1c43)sc1ccccc12. The molecule has 78 heavy (non-hydrogen) atoms. The Labute approximate surface area is 463 Å². The molecule has 0 bridgehead atoms. The van der Waals surface area contributed by atoms with Gasteiger partial charge in [-0.1, -0.05) is 228 Å². The second-order valence-electron chi connectivity index (χ2n) is 22.3. The van der Waals surface area contributed by atoms with Gasteiger partial charge in [0.1, 0.15) is 0 Å². The predicted octanol–water partition coefficient (Wildman–Crippen LogP) is 19.1. The number of fused-ring (bicyclic) bond motifs is 7. The number of thiophene rings is 1. The average Bonchev–Trinajstić information content (AvgIpc) is 3.20. The minimum Gasteiger partial charge on any atom is -0.311 e. The highest BCUT2D eigenvalue weighted by Gasteiger charge is 2.45. The Hall–Kier alpha value is -8.70. The molecule has 0 radical (unpaired) electrons. The topological polar surface area (TPSA) is 6.48 Å². The molecule has 0 atom stereocenters. The summed E-state index contributed by atoms with van der Waals surface area (Å²) in [5.74, 6) is 0. The van der Waals surface area contributed by atoms with Gasteiger partial charge in [-0.05, 0) is 145 Å². The third-order valence-corrected chi connectivity index (χ3v) is 17.5. The van der Waals surface area contributed by atoms with Crippen molar-refractivity contribution in [3.8, 4) is 55.6 Å². The van der Waals surface area contributed by atoms with Crippen LogP contribution in [0.25, 0.3) is 75.8 Å². The van der Waals surface area contributed by atoms with E-state index >= 15 is 0 Å². The molecule has 11 aromatic carbocycles. The van der Waals surface area contributed by atoms with Crippen molar-refractivity contribution in [2.75, 3.05) is 9.80 Å². The van der Waals surface area contributed by atoms with Gasteiger partial charge in [0, 0.05) is 54.0 Å². The maximum absolute atomic E-state index is 2.70. The fourth-order valence-electron chi connectivity index (χ4n) is 12.5. The fourth-order valence-corrected chi connectivity index (χ4v) is 13.6. The number of hydrogen-bond acceptors (Lipinski definition) is 3. The molecule has 0 unspecified atom stereocenters. The third kappa shape index (κ3) is 8.17. The first-order chi connectivity index (χ1) is 38.3. The van der Waals surface area contributed by atoms with Crippen LogP contribution in [-0.2, 0) is 11.8 Å². The van der Waals surface area contributed by atoms with Crippen LogP contribution in [0.3, 0.4) is 0 Å². The molecule has 0 N–H and O–H groups in total. The van der Waals surface area contributed by atoms with Gasteiger partial charge in [0.15, 0.2) is 0 Å². The van der Waals surface area contributed by atoms with Crippen LogP contribution in [0.4, 0.5) is 34.1 Å². The first-order valence-corrected chi connectivity index (χ1v) is 28.6. The number of hydrogen-bond donors (Lipinski definition) is 0. The lowest BCUT2D eigenvalue weighted by atomic mass is 9.33. The smallest absolute Gasteiger partial charge is 0.252 e. The normalized spacial score (nSPS) is 12.7. The van der Waals surface area contributed by atoms with Crippen LogP contribution >= 0.6 is 11.3 Å². The molecule has 4 heteroatoms. The van der Waals surface area contributed by atoms with E-state index in [1.807, 2.05) is 11.3 Å². The summed E-state index contributed by atoms with van der Waals surface area (Å²) < 4.78 is 2.64. The van der Waals surface area contributed by atoms with E-state index < -0.39 is 0 Å². The van der Waals surface area contributed by atoms with Crippen molar-refractivity contribution >= 4 is 88.7 Å². The molecule has 0 saturated heterocycles. The maximum atomic E-state index is 2.70. The van der Waals surface area contributed by atoms with E-state index in [1.165, 1.54) is 137 Å². The summed E-state index contributed by atoms with van der Waals surface area (Å²) >= 11 is 1.91. The number of aryl methyl sites for hydroxylation is 1. The van der Waals surface area contributed by atoms with Crippen LogP contribution < -0.4 is 26.2 Å². The minimum atomic E-state index is -0.199. The highest BCUT2D eigenvalue weighted by Crippen LogP contribution is 2.53. The summed E-state index contributed by atoms with van der Waals surface area (Å²) in [6.07, 6.45) is 3.19. The standard InChI is InChI=1S/C74H59BN2S/c1-5-6-24-56-41-62-59-35-22-23-36-70(59)78-71(62)48-67(56)76-65-39-37-54(49-25-12-7-13-26-49)44-63(65)75-64-45-55(50-27-14-8-15-28-50)38-40-66(64)77(69-47-58(74(2,3)4)46-68(76)72(69)75)73-60(52-31-18-10-19-32-52)42-57(51-29-16-9-17-30-51)43-61(73)53-33-20-11-21-34-53/h7-23,25-48H,5-6,24H2,1-4H3. The Morgan fingerprint density at radius 2 is 0.859 bits per heavy atom. The Kier molecular flexibility index (Phi) is 11.9. The molecule has 1 aromatic heterocycles. The van der Waals surface area contributed by atoms with Gasteiger partial charge in [0.05, 0.1) is 11.4 Å². The van der Waals surface area contributed by atoms with E-state index in [2.05, 4.69) is 286 Å². The fraction of sp³-hybridized carbons (Fsp3) is 0.108. The van der Waals surface area contributed by atoms with Crippen LogP contribution in [0.15, 0.2) is 249 Å². The summed E-state index contributed by atoms with van der Waals surface area (Å²) in [5.41, 5.74) is 25.6. The van der Waals surface area contributed by atoms with Gasteiger partial charge in [0.2, 0.25) is 0 Å². The zero-order valence-corrected chi connectivity index (χ0v) is 45.5. The molecule has 2 aliphatic heterocycles. The zero-order valence-electron chi connectivity index (χ0n) is 44.7. The van der Waals surface area contributed by atoms with E-state index in [0.717, 1.165) is 19.3 Å². The average molecular weight is 1020 g/mol. The van der Waals surface area contributed by atoms with Gasteiger partial charge in [-0.25, -0.2) is 0 Å². The minimum absolute atomic E-state index is 0.107. The molecular formula is C74H59BN2S. The Balaban J connectivity index is 1.15. The van der Waals surface area contributed by atoms with Gasteiger partial charge in [-0.15, -0.1) is 11.3 Å². The first kappa shape index (κ1) is 47.7. The zero-order chi connectivity index (χ0) is 52.5. The monoisotopic (exact) mass is 1020 g/mol. The molecular weight excluding hydrogens is 960 g/mol. The van der Waals surface area contributed by atoms with Gasteiger partial charge in [-0.2, -0.15) is 0 Å². The van der Waals surface area contributed by atoms with Crippen molar-refractivity contribution in [1.82, 2.24) is 0 Å². The second kappa shape index (κ2) is 19.4. The highest BCUT2D eigenvalue weighted by atomic mass is 32.1. The van der Waals surface area contributed by atoms with Crippen molar-refractivity contribution < 1.29 is 0 Å². The van der Waals surface area contributed by atoms with Gasteiger partial charge in [0.25, 0.3) is 6.71 Å².